The third-order valence-electron chi connectivity index (χ3n) is 4.14. The van der Waals surface area contributed by atoms with Gasteiger partial charge < -0.3 is 9.84 Å². The second-order valence-corrected chi connectivity index (χ2v) is 6.61. The maximum atomic E-state index is 11.6. The van der Waals surface area contributed by atoms with E-state index in [-0.39, 0.29) is 12.1 Å². The number of hydrogen-bond acceptors (Lipinski definition) is 3. The summed E-state index contributed by atoms with van der Waals surface area (Å²) >= 11 is 0. The van der Waals surface area contributed by atoms with E-state index in [9.17, 15) is 9.90 Å². The largest absolute Gasteiger partial charge is 0.460 e. The molecule has 3 nitrogen and oxygen atoms in total. The molecule has 2 bridgehead atoms. The van der Waals surface area contributed by atoms with E-state index in [1.54, 1.807) is 0 Å². The van der Waals surface area contributed by atoms with Crippen molar-refractivity contribution in [1.82, 2.24) is 0 Å². The summed E-state index contributed by atoms with van der Waals surface area (Å²) in [5.41, 5.74) is -0.398. The van der Waals surface area contributed by atoms with E-state index in [4.69, 9.17) is 4.74 Å². The summed E-state index contributed by atoms with van der Waals surface area (Å²) in [6.45, 7) is 5.66. The molecule has 0 aromatic heterocycles. The third kappa shape index (κ3) is 3.01. The first-order chi connectivity index (χ1) is 7.87. The topological polar surface area (TPSA) is 46.5 Å². The zero-order valence-corrected chi connectivity index (χ0v) is 11.1. The molecule has 17 heavy (non-hydrogen) atoms. The van der Waals surface area contributed by atoms with Gasteiger partial charge in [0.2, 0.25) is 0 Å². The second kappa shape index (κ2) is 4.60. The molecule has 0 amide bonds. The van der Waals surface area contributed by atoms with Crippen molar-refractivity contribution < 1.29 is 14.6 Å². The molecule has 2 rings (SSSR count). The first kappa shape index (κ1) is 12.9. The van der Waals surface area contributed by atoms with Crippen molar-refractivity contribution in [3.05, 3.63) is 0 Å². The Labute approximate surface area is 104 Å². The summed E-state index contributed by atoms with van der Waals surface area (Å²) in [6, 6.07) is 0. The fourth-order valence-corrected chi connectivity index (χ4v) is 3.46. The van der Waals surface area contributed by atoms with E-state index in [1.165, 1.54) is 19.3 Å². The molecule has 2 aliphatic rings. The molecule has 98 valence electrons. The summed E-state index contributed by atoms with van der Waals surface area (Å²) in [7, 11) is 0. The monoisotopic (exact) mass is 240 g/mol. The van der Waals surface area contributed by atoms with Gasteiger partial charge in [-0.1, -0.05) is 0 Å². The summed E-state index contributed by atoms with van der Waals surface area (Å²) in [4.78, 5) is 11.6. The fourth-order valence-electron chi connectivity index (χ4n) is 3.46. The Balaban J connectivity index is 1.77. The minimum Gasteiger partial charge on any atom is -0.460 e. The fraction of sp³-hybridized carbons (Fsp3) is 0.929. The van der Waals surface area contributed by atoms with Crippen molar-refractivity contribution in [2.75, 3.05) is 0 Å². The Hall–Kier alpha value is -0.570. The zero-order chi connectivity index (χ0) is 12.6. The Morgan fingerprint density at radius 3 is 2.47 bits per heavy atom. The van der Waals surface area contributed by atoms with Gasteiger partial charge >= 0.3 is 5.97 Å². The van der Waals surface area contributed by atoms with Crippen LogP contribution < -0.4 is 0 Å². The van der Waals surface area contributed by atoms with E-state index >= 15 is 0 Å². The van der Waals surface area contributed by atoms with Crippen molar-refractivity contribution in [3.8, 4) is 0 Å². The highest BCUT2D eigenvalue weighted by Gasteiger charge is 2.46. The highest BCUT2D eigenvalue weighted by molar-refractivity contribution is 5.69. The lowest BCUT2D eigenvalue weighted by Gasteiger charge is -2.27. The number of rotatable bonds is 3. The van der Waals surface area contributed by atoms with Crippen LogP contribution in [-0.4, -0.2) is 22.8 Å². The first-order valence-corrected chi connectivity index (χ1v) is 6.77. The smallest absolute Gasteiger partial charge is 0.306 e. The summed E-state index contributed by atoms with van der Waals surface area (Å²) in [5.74, 6) is 1.36. The Kier molecular flexibility index (Phi) is 3.48. The minimum atomic E-state index is -0.398. The molecular weight excluding hydrogens is 216 g/mol. The van der Waals surface area contributed by atoms with Gasteiger partial charge in [-0.3, -0.25) is 4.79 Å². The number of ether oxygens (including phenoxy) is 1. The molecular formula is C14H24O3. The zero-order valence-electron chi connectivity index (χ0n) is 11.1. The number of carbonyl (C=O) groups is 1. The number of aliphatic hydroxyl groups excluding tert-OH is 1. The average Bonchev–Trinajstić information content (AvgIpc) is 2.73. The standard InChI is InChI=1S/C14H24O3/c1-14(2,3)17-12(15)7-6-11-9-4-5-10(8-9)13(11)16/h9-11,13,16H,4-8H2,1-3H3/t9-,10+,11-,13-/m1/s1. The summed E-state index contributed by atoms with van der Waals surface area (Å²) in [5, 5.41) is 10.1. The number of aliphatic hydroxyl groups is 1. The Bertz CT molecular complexity index is 290. The minimum absolute atomic E-state index is 0.132. The average molecular weight is 240 g/mol. The predicted octanol–water partition coefficient (Wildman–Crippen LogP) is 2.52. The molecule has 0 heterocycles. The molecule has 0 aromatic rings. The maximum absolute atomic E-state index is 11.6. The van der Waals surface area contributed by atoms with Crippen molar-refractivity contribution in [2.45, 2.75) is 64.6 Å². The summed E-state index contributed by atoms with van der Waals surface area (Å²) < 4.78 is 5.29. The molecule has 0 spiro atoms. The van der Waals surface area contributed by atoms with Crippen LogP contribution in [0.25, 0.3) is 0 Å². The molecule has 0 radical (unpaired) electrons. The lowest BCUT2D eigenvalue weighted by atomic mass is 9.83. The van der Waals surface area contributed by atoms with Crippen molar-refractivity contribution in [2.24, 2.45) is 17.8 Å². The summed E-state index contributed by atoms with van der Waals surface area (Å²) in [6.07, 6.45) is 4.64. The lowest BCUT2D eigenvalue weighted by Crippen LogP contribution is -2.29. The molecule has 2 saturated carbocycles. The van der Waals surface area contributed by atoms with Crippen molar-refractivity contribution in [3.63, 3.8) is 0 Å². The molecule has 0 unspecified atom stereocenters. The van der Waals surface area contributed by atoms with Gasteiger partial charge in [0.15, 0.2) is 0 Å². The van der Waals surface area contributed by atoms with Crippen LogP contribution in [-0.2, 0) is 9.53 Å². The van der Waals surface area contributed by atoms with Crippen molar-refractivity contribution in [1.29, 1.82) is 0 Å². The van der Waals surface area contributed by atoms with Crippen LogP contribution in [0.3, 0.4) is 0 Å². The highest BCUT2D eigenvalue weighted by atomic mass is 16.6. The van der Waals surface area contributed by atoms with Gasteiger partial charge in [-0.15, -0.1) is 0 Å². The van der Waals surface area contributed by atoms with Crippen LogP contribution in [0.15, 0.2) is 0 Å². The van der Waals surface area contributed by atoms with Gasteiger partial charge in [-0.05, 0) is 64.2 Å². The number of carbonyl (C=O) groups excluding carboxylic acids is 1. The number of hydrogen-bond donors (Lipinski definition) is 1. The number of fused-ring (bicyclic) bond motifs is 2. The van der Waals surface area contributed by atoms with Crippen LogP contribution in [0, 0.1) is 17.8 Å². The van der Waals surface area contributed by atoms with E-state index in [0.29, 0.717) is 24.2 Å². The van der Waals surface area contributed by atoms with Gasteiger partial charge in [0, 0.05) is 6.42 Å². The molecule has 0 saturated heterocycles. The van der Waals surface area contributed by atoms with Crippen molar-refractivity contribution >= 4 is 5.97 Å². The van der Waals surface area contributed by atoms with Crippen LogP contribution >= 0.6 is 0 Å². The molecule has 4 atom stereocenters. The van der Waals surface area contributed by atoms with Crippen LogP contribution in [0.2, 0.25) is 0 Å². The maximum Gasteiger partial charge on any atom is 0.306 e. The lowest BCUT2D eigenvalue weighted by molar-refractivity contribution is -0.155. The third-order valence-corrected chi connectivity index (χ3v) is 4.14. The molecule has 0 aliphatic heterocycles. The van der Waals surface area contributed by atoms with Crippen LogP contribution in [0.4, 0.5) is 0 Å². The molecule has 1 N–H and O–H groups in total. The normalized spacial score (nSPS) is 36.2. The van der Waals surface area contributed by atoms with E-state index in [2.05, 4.69) is 0 Å². The SMILES string of the molecule is CC(C)(C)OC(=O)CC[C@@H]1[C@@H]2CC[C@@H](C2)[C@H]1O. The Morgan fingerprint density at radius 2 is 1.94 bits per heavy atom. The van der Waals surface area contributed by atoms with E-state index < -0.39 is 5.60 Å². The predicted molar refractivity (Wildman–Crippen MR) is 65.4 cm³/mol. The van der Waals surface area contributed by atoms with Gasteiger partial charge in [-0.2, -0.15) is 0 Å². The number of esters is 1. The van der Waals surface area contributed by atoms with Gasteiger partial charge in [0.1, 0.15) is 5.60 Å². The Morgan fingerprint density at radius 1 is 1.29 bits per heavy atom. The van der Waals surface area contributed by atoms with E-state index in [1.807, 2.05) is 20.8 Å². The quantitative estimate of drug-likeness (QED) is 0.771. The van der Waals surface area contributed by atoms with Crippen LogP contribution in [0.5, 0.6) is 0 Å². The first-order valence-electron chi connectivity index (χ1n) is 6.77. The van der Waals surface area contributed by atoms with Gasteiger partial charge in [-0.25, -0.2) is 0 Å². The highest BCUT2D eigenvalue weighted by Crippen LogP contribution is 2.50. The van der Waals surface area contributed by atoms with Crippen LogP contribution in [0.1, 0.15) is 52.9 Å². The van der Waals surface area contributed by atoms with E-state index in [0.717, 1.165) is 6.42 Å². The second-order valence-electron chi connectivity index (χ2n) is 6.61. The molecule has 2 fully saturated rings. The van der Waals surface area contributed by atoms with Gasteiger partial charge in [0.05, 0.1) is 6.10 Å². The molecule has 2 aliphatic carbocycles. The molecule has 0 aromatic carbocycles. The van der Waals surface area contributed by atoms with Gasteiger partial charge in [0.25, 0.3) is 0 Å². The molecule has 3 heteroatoms.